The van der Waals surface area contributed by atoms with Gasteiger partial charge in [-0.25, -0.2) is 4.39 Å². The highest BCUT2D eigenvalue weighted by atomic mass is 19.1. The number of carbonyl (C=O) groups is 1. The number of likely N-dealkylation sites (N-methyl/N-ethyl adjacent to an activating group) is 1. The van der Waals surface area contributed by atoms with Crippen molar-refractivity contribution in [1.82, 2.24) is 4.90 Å². The molecule has 1 aromatic rings. The Labute approximate surface area is 101 Å². The van der Waals surface area contributed by atoms with Crippen molar-refractivity contribution in [2.75, 3.05) is 20.2 Å². The molecule has 0 atom stereocenters. The molecule has 1 amide bonds. The second kappa shape index (κ2) is 6.35. The van der Waals surface area contributed by atoms with Gasteiger partial charge in [0.25, 0.3) is 0 Å². The Morgan fingerprint density at radius 2 is 2.18 bits per heavy atom. The van der Waals surface area contributed by atoms with Crippen LogP contribution in [-0.4, -0.2) is 36.1 Å². The summed E-state index contributed by atoms with van der Waals surface area (Å²) in [6, 6.07) is 4.96. The summed E-state index contributed by atoms with van der Waals surface area (Å²) in [5.74, 6) is -0.287. The first-order valence-electron chi connectivity index (χ1n) is 5.64. The van der Waals surface area contributed by atoms with E-state index in [0.29, 0.717) is 18.5 Å². The van der Waals surface area contributed by atoms with Crippen molar-refractivity contribution in [2.45, 2.75) is 19.8 Å². The molecule has 0 fully saturated rings. The number of hydrogen-bond donors (Lipinski definition) is 1. The molecule has 0 aliphatic rings. The Bertz CT molecular complexity index is 393. The van der Waals surface area contributed by atoms with Crippen LogP contribution in [0.25, 0.3) is 0 Å². The molecule has 0 spiro atoms. The van der Waals surface area contributed by atoms with Gasteiger partial charge in [0, 0.05) is 20.0 Å². The Kier molecular flexibility index (Phi) is 5.10. The van der Waals surface area contributed by atoms with Gasteiger partial charge in [-0.05, 0) is 30.5 Å². The summed E-state index contributed by atoms with van der Waals surface area (Å²) in [5.41, 5.74) is 1.62. The fraction of sp³-hybridized carbons (Fsp3) is 0.462. The molecule has 4 heteroatoms. The van der Waals surface area contributed by atoms with Crippen molar-refractivity contribution < 1.29 is 14.3 Å². The van der Waals surface area contributed by atoms with Crippen LogP contribution < -0.4 is 0 Å². The van der Waals surface area contributed by atoms with Gasteiger partial charge in [-0.2, -0.15) is 0 Å². The van der Waals surface area contributed by atoms with Gasteiger partial charge in [-0.1, -0.05) is 12.1 Å². The average Bonchev–Trinajstić information content (AvgIpc) is 2.30. The molecule has 0 aromatic heterocycles. The minimum atomic E-state index is -0.210. The summed E-state index contributed by atoms with van der Waals surface area (Å²) >= 11 is 0. The van der Waals surface area contributed by atoms with E-state index < -0.39 is 0 Å². The van der Waals surface area contributed by atoms with Crippen LogP contribution in [-0.2, 0) is 11.2 Å². The minimum absolute atomic E-state index is 0.0775. The predicted octanol–water partition coefficient (Wildman–Crippen LogP) is 1.52. The van der Waals surface area contributed by atoms with E-state index in [1.165, 1.54) is 6.07 Å². The molecule has 0 saturated heterocycles. The van der Waals surface area contributed by atoms with Gasteiger partial charge in [0.05, 0.1) is 6.61 Å². The van der Waals surface area contributed by atoms with Crippen LogP contribution in [0.2, 0.25) is 0 Å². The lowest BCUT2D eigenvalue weighted by atomic mass is 10.1. The molecule has 0 unspecified atom stereocenters. The zero-order valence-electron chi connectivity index (χ0n) is 10.2. The zero-order chi connectivity index (χ0) is 12.8. The van der Waals surface area contributed by atoms with E-state index in [0.717, 1.165) is 5.56 Å². The molecule has 1 aromatic carbocycles. The number of halogens is 1. The van der Waals surface area contributed by atoms with Crippen LogP contribution in [0.1, 0.15) is 17.5 Å². The summed E-state index contributed by atoms with van der Waals surface area (Å²) in [7, 11) is 1.70. The lowest BCUT2D eigenvalue weighted by Gasteiger charge is -2.16. The quantitative estimate of drug-likeness (QED) is 0.846. The number of benzene rings is 1. The van der Waals surface area contributed by atoms with Gasteiger partial charge in [-0.3, -0.25) is 4.79 Å². The smallest absolute Gasteiger partial charge is 0.224 e. The van der Waals surface area contributed by atoms with Gasteiger partial charge in [0.1, 0.15) is 5.82 Å². The van der Waals surface area contributed by atoms with E-state index in [4.69, 9.17) is 5.11 Å². The SMILES string of the molecule is Cc1cc(CCN(C)C(=O)CCO)ccc1F. The molecular weight excluding hydrogens is 221 g/mol. The highest BCUT2D eigenvalue weighted by Gasteiger charge is 2.07. The minimum Gasteiger partial charge on any atom is -0.396 e. The van der Waals surface area contributed by atoms with Gasteiger partial charge in [0.2, 0.25) is 5.91 Å². The molecule has 0 aliphatic heterocycles. The topological polar surface area (TPSA) is 40.5 Å². The van der Waals surface area contributed by atoms with E-state index in [9.17, 15) is 9.18 Å². The lowest BCUT2D eigenvalue weighted by molar-refractivity contribution is -0.130. The van der Waals surface area contributed by atoms with Crippen LogP contribution in [0.5, 0.6) is 0 Å². The average molecular weight is 239 g/mol. The highest BCUT2D eigenvalue weighted by molar-refractivity contribution is 5.75. The maximum absolute atomic E-state index is 13.0. The monoisotopic (exact) mass is 239 g/mol. The van der Waals surface area contributed by atoms with Crippen LogP contribution in [0.15, 0.2) is 18.2 Å². The third-order valence-electron chi connectivity index (χ3n) is 2.71. The number of hydrogen-bond acceptors (Lipinski definition) is 2. The first-order chi connectivity index (χ1) is 8.04. The third kappa shape index (κ3) is 4.15. The van der Waals surface area contributed by atoms with Crippen molar-refractivity contribution in [2.24, 2.45) is 0 Å². The maximum Gasteiger partial charge on any atom is 0.224 e. The van der Waals surface area contributed by atoms with E-state index in [-0.39, 0.29) is 24.8 Å². The molecule has 3 nitrogen and oxygen atoms in total. The number of aryl methyl sites for hydroxylation is 1. The molecule has 1 rings (SSSR count). The maximum atomic E-state index is 13.0. The highest BCUT2D eigenvalue weighted by Crippen LogP contribution is 2.10. The van der Waals surface area contributed by atoms with Crippen molar-refractivity contribution in [1.29, 1.82) is 0 Å². The van der Waals surface area contributed by atoms with Gasteiger partial charge in [-0.15, -0.1) is 0 Å². The fourth-order valence-corrected chi connectivity index (χ4v) is 1.57. The predicted molar refractivity (Wildman–Crippen MR) is 64.2 cm³/mol. The first-order valence-corrected chi connectivity index (χ1v) is 5.64. The third-order valence-corrected chi connectivity index (χ3v) is 2.71. The largest absolute Gasteiger partial charge is 0.396 e. The van der Waals surface area contributed by atoms with Gasteiger partial charge < -0.3 is 10.0 Å². The van der Waals surface area contributed by atoms with Crippen molar-refractivity contribution in [3.05, 3.63) is 35.1 Å². The van der Waals surface area contributed by atoms with Crippen LogP contribution in [0.4, 0.5) is 4.39 Å². The molecule has 1 N–H and O–H groups in total. The Hall–Kier alpha value is -1.42. The van der Waals surface area contributed by atoms with Crippen LogP contribution in [0, 0.1) is 12.7 Å². The van der Waals surface area contributed by atoms with Crippen molar-refractivity contribution in [3.8, 4) is 0 Å². The summed E-state index contributed by atoms with van der Waals surface area (Å²) in [5, 5.41) is 8.65. The van der Waals surface area contributed by atoms with E-state index in [2.05, 4.69) is 0 Å². The normalized spacial score (nSPS) is 10.4. The van der Waals surface area contributed by atoms with Gasteiger partial charge >= 0.3 is 0 Å². The number of aliphatic hydroxyl groups is 1. The van der Waals surface area contributed by atoms with Crippen molar-refractivity contribution >= 4 is 5.91 Å². The standard InChI is InChI=1S/C13H18FNO2/c1-10-9-11(3-4-12(10)14)5-7-15(2)13(17)6-8-16/h3-4,9,16H,5-8H2,1-2H3. The van der Waals surface area contributed by atoms with E-state index in [1.807, 2.05) is 0 Å². The number of rotatable bonds is 5. The second-order valence-corrected chi connectivity index (χ2v) is 4.12. The summed E-state index contributed by atoms with van der Waals surface area (Å²) in [6.07, 6.45) is 0.841. The summed E-state index contributed by atoms with van der Waals surface area (Å²) in [6.45, 7) is 2.17. The number of nitrogens with zero attached hydrogens (tertiary/aromatic N) is 1. The molecule has 94 valence electrons. The van der Waals surface area contributed by atoms with Crippen LogP contribution in [0.3, 0.4) is 0 Å². The number of amides is 1. The molecular formula is C13H18FNO2. The van der Waals surface area contributed by atoms with E-state index in [1.54, 1.807) is 31.0 Å². The van der Waals surface area contributed by atoms with Crippen molar-refractivity contribution in [3.63, 3.8) is 0 Å². The second-order valence-electron chi connectivity index (χ2n) is 4.12. The summed E-state index contributed by atoms with van der Waals surface area (Å²) < 4.78 is 13.0. The molecule has 0 heterocycles. The van der Waals surface area contributed by atoms with E-state index >= 15 is 0 Å². The Morgan fingerprint density at radius 3 is 2.76 bits per heavy atom. The molecule has 17 heavy (non-hydrogen) atoms. The Morgan fingerprint density at radius 1 is 1.47 bits per heavy atom. The number of aliphatic hydroxyl groups excluding tert-OH is 1. The molecule has 0 saturated carbocycles. The first kappa shape index (κ1) is 13.6. The fourth-order valence-electron chi connectivity index (χ4n) is 1.57. The Balaban J connectivity index is 2.50. The zero-order valence-corrected chi connectivity index (χ0v) is 10.2. The molecule has 0 aliphatic carbocycles. The number of carbonyl (C=O) groups excluding carboxylic acids is 1. The molecule has 0 radical (unpaired) electrons. The van der Waals surface area contributed by atoms with Gasteiger partial charge in [0.15, 0.2) is 0 Å². The van der Waals surface area contributed by atoms with Crippen LogP contribution >= 0.6 is 0 Å². The summed E-state index contributed by atoms with van der Waals surface area (Å²) in [4.78, 5) is 13.0. The lowest BCUT2D eigenvalue weighted by Crippen LogP contribution is -2.29. The molecule has 0 bridgehead atoms.